The van der Waals surface area contributed by atoms with E-state index in [0.29, 0.717) is 0 Å². The molecule has 0 unspecified atom stereocenters. The molecule has 1 N–H and O–H groups in total. The maximum atomic E-state index is 12.0. The molecule has 0 spiro atoms. The van der Waals surface area contributed by atoms with E-state index in [4.69, 9.17) is 0 Å². The zero-order valence-corrected chi connectivity index (χ0v) is 6.38. The molecule has 0 aliphatic rings. The predicted octanol–water partition coefficient (Wildman–Crippen LogP) is 2.15. The highest BCUT2D eigenvalue weighted by molar-refractivity contribution is 7.98. The molecule has 0 aliphatic carbocycles. The second-order valence-electron chi connectivity index (χ2n) is 1.81. The Morgan fingerprint density at radius 2 is 2.18 bits per heavy atom. The Morgan fingerprint density at radius 1 is 1.55 bits per heavy atom. The maximum Gasteiger partial charge on any atom is 0.433 e. The van der Waals surface area contributed by atoms with Crippen LogP contribution >= 0.6 is 11.8 Å². The van der Waals surface area contributed by atoms with Crippen LogP contribution in [0.15, 0.2) is 11.1 Å². The van der Waals surface area contributed by atoms with Crippen LogP contribution < -0.4 is 0 Å². The second kappa shape index (κ2) is 2.77. The predicted molar refractivity (Wildman–Crippen MR) is 35.4 cm³/mol. The van der Waals surface area contributed by atoms with Crippen LogP contribution in [0.25, 0.3) is 0 Å². The summed E-state index contributed by atoms with van der Waals surface area (Å²) in [6, 6.07) is 0. The molecular formula is C5H5F3N2S. The van der Waals surface area contributed by atoms with E-state index in [1.165, 1.54) is 0 Å². The highest BCUT2D eigenvalue weighted by Crippen LogP contribution is 2.33. The SMILES string of the molecule is CSc1cn[nH]c1C(F)(F)F. The zero-order valence-electron chi connectivity index (χ0n) is 5.57. The van der Waals surface area contributed by atoms with Gasteiger partial charge in [-0.1, -0.05) is 0 Å². The fourth-order valence-electron chi connectivity index (χ4n) is 0.633. The molecule has 0 saturated heterocycles. The molecule has 1 rings (SSSR count). The van der Waals surface area contributed by atoms with Gasteiger partial charge in [0.2, 0.25) is 0 Å². The van der Waals surface area contributed by atoms with Gasteiger partial charge in [-0.3, -0.25) is 5.10 Å². The maximum absolute atomic E-state index is 12.0. The van der Waals surface area contributed by atoms with E-state index in [1.807, 2.05) is 5.10 Å². The van der Waals surface area contributed by atoms with Gasteiger partial charge in [0.15, 0.2) is 5.69 Å². The smallest absolute Gasteiger partial charge is 0.273 e. The number of hydrogen-bond acceptors (Lipinski definition) is 2. The van der Waals surface area contributed by atoms with Crippen molar-refractivity contribution in [3.63, 3.8) is 0 Å². The number of alkyl halides is 3. The van der Waals surface area contributed by atoms with Crippen molar-refractivity contribution in [1.82, 2.24) is 10.2 Å². The van der Waals surface area contributed by atoms with Crippen LogP contribution in [0.3, 0.4) is 0 Å². The van der Waals surface area contributed by atoms with Gasteiger partial charge in [-0.05, 0) is 6.26 Å². The number of aromatic nitrogens is 2. The Kier molecular flexibility index (Phi) is 2.12. The number of halogens is 3. The molecule has 1 aromatic rings. The van der Waals surface area contributed by atoms with Gasteiger partial charge < -0.3 is 0 Å². The standard InChI is InChI=1S/C5H5F3N2S/c1-11-3-2-9-10-4(3)5(6,7)8/h2H,1H3,(H,9,10). The first kappa shape index (κ1) is 8.45. The normalized spacial score (nSPS) is 12.0. The highest BCUT2D eigenvalue weighted by Gasteiger charge is 2.35. The minimum atomic E-state index is -4.32. The second-order valence-corrected chi connectivity index (χ2v) is 2.66. The number of nitrogens with one attached hydrogen (secondary N) is 1. The summed E-state index contributed by atoms with van der Waals surface area (Å²) < 4.78 is 36.0. The molecule has 0 saturated carbocycles. The third kappa shape index (κ3) is 1.68. The Bertz CT molecular complexity index is 242. The van der Waals surface area contributed by atoms with Gasteiger partial charge in [-0.15, -0.1) is 11.8 Å². The molecular weight excluding hydrogens is 177 g/mol. The van der Waals surface area contributed by atoms with Crippen molar-refractivity contribution >= 4 is 11.8 Å². The van der Waals surface area contributed by atoms with E-state index in [-0.39, 0.29) is 4.90 Å². The molecule has 1 aromatic heterocycles. The van der Waals surface area contributed by atoms with Gasteiger partial charge in [-0.2, -0.15) is 18.3 Å². The lowest BCUT2D eigenvalue weighted by molar-refractivity contribution is -0.143. The van der Waals surface area contributed by atoms with Crippen molar-refractivity contribution in [1.29, 1.82) is 0 Å². The van der Waals surface area contributed by atoms with E-state index in [2.05, 4.69) is 5.10 Å². The molecule has 1 heterocycles. The highest BCUT2D eigenvalue weighted by atomic mass is 32.2. The molecule has 0 aromatic carbocycles. The summed E-state index contributed by atoms with van der Waals surface area (Å²) in [5.41, 5.74) is -0.773. The Labute approximate surface area is 65.2 Å². The number of aromatic amines is 1. The first-order chi connectivity index (χ1) is 5.05. The van der Waals surface area contributed by atoms with Crippen LogP contribution in [0.5, 0.6) is 0 Å². The third-order valence-electron chi connectivity index (χ3n) is 1.11. The molecule has 6 heteroatoms. The Balaban J connectivity index is 3.02. The third-order valence-corrected chi connectivity index (χ3v) is 1.86. The van der Waals surface area contributed by atoms with Gasteiger partial charge in [-0.25, -0.2) is 0 Å². The van der Waals surface area contributed by atoms with Gasteiger partial charge in [0.1, 0.15) is 0 Å². The fraction of sp³-hybridized carbons (Fsp3) is 0.400. The van der Waals surface area contributed by atoms with Gasteiger partial charge in [0, 0.05) is 0 Å². The molecule has 62 valence electrons. The Hall–Kier alpha value is -0.650. The molecule has 0 bridgehead atoms. The molecule has 11 heavy (non-hydrogen) atoms. The summed E-state index contributed by atoms with van der Waals surface area (Å²) in [6.45, 7) is 0. The molecule has 0 amide bonds. The fourth-order valence-corrected chi connectivity index (χ4v) is 1.16. The summed E-state index contributed by atoms with van der Waals surface area (Å²) in [6.07, 6.45) is -1.59. The van der Waals surface area contributed by atoms with Crippen LogP contribution in [0.2, 0.25) is 0 Å². The van der Waals surface area contributed by atoms with E-state index in [0.717, 1.165) is 18.0 Å². The largest absolute Gasteiger partial charge is 0.433 e. The van der Waals surface area contributed by atoms with Crippen molar-refractivity contribution in [2.45, 2.75) is 11.1 Å². The molecule has 0 radical (unpaired) electrons. The van der Waals surface area contributed by atoms with Crippen molar-refractivity contribution in [2.75, 3.05) is 6.26 Å². The molecule has 0 fully saturated rings. The number of nitrogens with zero attached hydrogens (tertiary/aromatic N) is 1. The van der Waals surface area contributed by atoms with E-state index < -0.39 is 11.9 Å². The lowest BCUT2D eigenvalue weighted by Gasteiger charge is -2.03. The summed E-state index contributed by atoms with van der Waals surface area (Å²) in [5.74, 6) is 0. The summed E-state index contributed by atoms with van der Waals surface area (Å²) in [4.78, 5) is 0.123. The number of rotatable bonds is 1. The monoisotopic (exact) mass is 182 g/mol. The van der Waals surface area contributed by atoms with E-state index in [9.17, 15) is 13.2 Å². The summed E-state index contributed by atoms with van der Waals surface area (Å²) in [5, 5.41) is 5.19. The van der Waals surface area contributed by atoms with Crippen LogP contribution in [0.4, 0.5) is 13.2 Å². The minimum Gasteiger partial charge on any atom is -0.273 e. The van der Waals surface area contributed by atoms with E-state index >= 15 is 0 Å². The van der Waals surface area contributed by atoms with Crippen molar-refractivity contribution < 1.29 is 13.2 Å². The lowest BCUT2D eigenvalue weighted by Crippen LogP contribution is -2.06. The topological polar surface area (TPSA) is 28.7 Å². The van der Waals surface area contributed by atoms with Crippen molar-refractivity contribution in [3.8, 4) is 0 Å². The first-order valence-corrected chi connectivity index (χ1v) is 3.92. The molecule has 0 atom stereocenters. The molecule has 0 aliphatic heterocycles. The summed E-state index contributed by atoms with van der Waals surface area (Å²) >= 11 is 1.02. The lowest BCUT2D eigenvalue weighted by atomic mass is 10.4. The first-order valence-electron chi connectivity index (χ1n) is 2.70. The summed E-state index contributed by atoms with van der Waals surface area (Å²) in [7, 11) is 0. The van der Waals surface area contributed by atoms with Gasteiger partial charge >= 0.3 is 6.18 Å². The number of thioether (sulfide) groups is 1. The van der Waals surface area contributed by atoms with Crippen molar-refractivity contribution in [2.24, 2.45) is 0 Å². The van der Waals surface area contributed by atoms with E-state index in [1.54, 1.807) is 6.26 Å². The van der Waals surface area contributed by atoms with Crippen LogP contribution in [-0.4, -0.2) is 16.5 Å². The Morgan fingerprint density at radius 3 is 2.55 bits per heavy atom. The molecule has 2 nitrogen and oxygen atoms in total. The minimum absolute atomic E-state index is 0.123. The van der Waals surface area contributed by atoms with Gasteiger partial charge in [0.05, 0.1) is 11.1 Å². The van der Waals surface area contributed by atoms with Gasteiger partial charge in [0.25, 0.3) is 0 Å². The quantitative estimate of drug-likeness (QED) is 0.674. The number of H-pyrrole nitrogens is 1. The average Bonchev–Trinajstić information content (AvgIpc) is 2.31. The van der Waals surface area contributed by atoms with Crippen LogP contribution in [-0.2, 0) is 6.18 Å². The zero-order chi connectivity index (χ0) is 8.48. The van der Waals surface area contributed by atoms with Crippen LogP contribution in [0, 0.1) is 0 Å². The average molecular weight is 182 g/mol. The van der Waals surface area contributed by atoms with Crippen LogP contribution in [0.1, 0.15) is 5.69 Å². The number of hydrogen-bond donors (Lipinski definition) is 1. The van der Waals surface area contributed by atoms with Crippen molar-refractivity contribution in [3.05, 3.63) is 11.9 Å².